The van der Waals surface area contributed by atoms with Crippen LogP contribution >= 0.6 is 0 Å². The number of likely N-dealkylation sites (tertiary alicyclic amines) is 1. The Bertz CT molecular complexity index is 587. The van der Waals surface area contributed by atoms with Gasteiger partial charge in [-0.3, -0.25) is 4.68 Å². The van der Waals surface area contributed by atoms with Crippen LogP contribution < -0.4 is 5.32 Å². The third-order valence-electron chi connectivity index (χ3n) is 4.17. The molecule has 6 heteroatoms. The maximum atomic E-state index is 4.35. The van der Waals surface area contributed by atoms with Crippen LogP contribution in [0.2, 0.25) is 0 Å². The van der Waals surface area contributed by atoms with E-state index >= 15 is 0 Å². The fourth-order valence-corrected chi connectivity index (χ4v) is 3.02. The van der Waals surface area contributed by atoms with E-state index < -0.39 is 0 Å². The molecule has 2 aromatic heterocycles. The van der Waals surface area contributed by atoms with Gasteiger partial charge in [0, 0.05) is 20.1 Å². The van der Waals surface area contributed by atoms with Crippen LogP contribution in [0, 0.1) is 5.92 Å². The average molecular weight is 288 g/mol. The minimum absolute atomic E-state index is 0.602. The largest absolute Gasteiger partial charge is 0.369 e. The Morgan fingerprint density at radius 3 is 2.86 bits per heavy atom. The van der Waals surface area contributed by atoms with E-state index in [0.29, 0.717) is 5.92 Å². The maximum Gasteiger partial charge on any atom is 0.163 e. The molecule has 1 saturated heterocycles. The van der Waals surface area contributed by atoms with Crippen LogP contribution in [0.3, 0.4) is 0 Å². The number of hydrogen-bond acceptors (Lipinski definition) is 5. The minimum Gasteiger partial charge on any atom is -0.369 e. The number of aryl methyl sites for hydroxylation is 1. The van der Waals surface area contributed by atoms with Crippen molar-refractivity contribution < 1.29 is 0 Å². The van der Waals surface area contributed by atoms with Crippen molar-refractivity contribution in [1.82, 2.24) is 24.6 Å². The monoisotopic (exact) mass is 288 g/mol. The summed E-state index contributed by atoms with van der Waals surface area (Å²) < 4.78 is 1.78. The van der Waals surface area contributed by atoms with E-state index in [1.54, 1.807) is 11.0 Å². The number of piperidine rings is 1. The predicted octanol–water partition coefficient (Wildman–Crippen LogP) is 1.90. The summed E-state index contributed by atoms with van der Waals surface area (Å²) in [7, 11) is 1.90. The molecule has 0 saturated carbocycles. The average Bonchev–Trinajstić information content (AvgIpc) is 2.88. The zero-order valence-corrected chi connectivity index (χ0v) is 12.9. The van der Waals surface area contributed by atoms with Crippen molar-refractivity contribution in [3.05, 3.63) is 12.5 Å². The van der Waals surface area contributed by atoms with Crippen molar-refractivity contribution in [1.29, 1.82) is 0 Å². The van der Waals surface area contributed by atoms with Gasteiger partial charge < -0.3 is 10.2 Å². The number of nitrogens with one attached hydrogen (secondary N) is 1. The highest BCUT2D eigenvalue weighted by atomic mass is 15.3. The molecule has 1 unspecified atom stereocenters. The lowest BCUT2D eigenvalue weighted by Gasteiger charge is -2.29. The third kappa shape index (κ3) is 3.32. The molecule has 0 aliphatic carbocycles. The van der Waals surface area contributed by atoms with Crippen molar-refractivity contribution in [2.45, 2.75) is 26.2 Å². The van der Waals surface area contributed by atoms with Gasteiger partial charge in [-0.15, -0.1) is 0 Å². The summed E-state index contributed by atoms with van der Waals surface area (Å²) in [5.74, 6) is 1.49. The van der Waals surface area contributed by atoms with Crippen molar-refractivity contribution >= 4 is 16.9 Å². The van der Waals surface area contributed by atoms with Gasteiger partial charge >= 0.3 is 0 Å². The van der Waals surface area contributed by atoms with E-state index in [1.165, 1.54) is 32.4 Å². The van der Waals surface area contributed by atoms with Gasteiger partial charge in [0.25, 0.3) is 0 Å². The molecule has 1 aliphatic heterocycles. The highest BCUT2D eigenvalue weighted by Gasteiger charge is 2.14. The number of hydrogen-bond donors (Lipinski definition) is 1. The molecule has 3 rings (SSSR count). The molecule has 0 spiro atoms. The van der Waals surface area contributed by atoms with E-state index in [4.69, 9.17) is 0 Å². The topological polar surface area (TPSA) is 58.9 Å². The summed E-state index contributed by atoms with van der Waals surface area (Å²) in [4.78, 5) is 11.2. The SMILES string of the molecule is CC(CNc1ncnc2c1cnn2C)CN1CCCCC1. The summed E-state index contributed by atoms with van der Waals surface area (Å²) in [6, 6.07) is 0. The number of anilines is 1. The molecule has 0 amide bonds. The molecule has 6 nitrogen and oxygen atoms in total. The zero-order chi connectivity index (χ0) is 14.7. The first-order valence-corrected chi connectivity index (χ1v) is 7.83. The van der Waals surface area contributed by atoms with Gasteiger partial charge in [0.05, 0.1) is 11.6 Å². The van der Waals surface area contributed by atoms with Crippen LogP contribution in [0.4, 0.5) is 5.82 Å². The summed E-state index contributed by atoms with van der Waals surface area (Å²) in [6.07, 6.45) is 7.52. The van der Waals surface area contributed by atoms with Gasteiger partial charge in [-0.2, -0.15) is 5.10 Å². The lowest BCUT2D eigenvalue weighted by atomic mass is 10.1. The standard InChI is InChI=1S/C15H24N6/c1-12(10-21-6-4-3-5-7-21)8-16-14-13-9-19-20(2)15(13)18-11-17-14/h9,11-12H,3-8,10H2,1-2H3,(H,16,17,18). The van der Waals surface area contributed by atoms with Gasteiger partial charge in [0.1, 0.15) is 12.1 Å². The first kappa shape index (κ1) is 14.3. The molecule has 1 N–H and O–H groups in total. The van der Waals surface area contributed by atoms with Crippen LogP contribution in [0.5, 0.6) is 0 Å². The predicted molar refractivity (Wildman–Crippen MR) is 84.2 cm³/mol. The fourth-order valence-electron chi connectivity index (χ4n) is 3.02. The molecular formula is C15H24N6. The van der Waals surface area contributed by atoms with Gasteiger partial charge in [-0.1, -0.05) is 13.3 Å². The van der Waals surface area contributed by atoms with Gasteiger partial charge in [0.2, 0.25) is 0 Å². The van der Waals surface area contributed by atoms with E-state index in [1.807, 2.05) is 13.2 Å². The zero-order valence-electron chi connectivity index (χ0n) is 12.9. The Labute approximate surface area is 125 Å². The molecule has 1 fully saturated rings. The smallest absolute Gasteiger partial charge is 0.163 e. The van der Waals surface area contributed by atoms with Gasteiger partial charge in [-0.05, 0) is 31.8 Å². The number of fused-ring (bicyclic) bond motifs is 1. The second-order valence-corrected chi connectivity index (χ2v) is 6.08. The molecule has 0 radical (unpaired) electrons. The molecule has 3 heterocycles. The van der Waals surface area contributed by atoms with Crippen LogP contribution in [-0.4, -0.2) is 50.8 Å². The number of aromatic nitrogens is 4. The Morgan fingerprint density at radius 1 is 1.24 bits per heavy atom. The first-order chi connectivity index (χ1) is 10.2. The summed E-state index contributed by atoms with van der Waals surface area (Å²) in [5, 5.41) is 8.69. The molecule has 0 bridgehead atoms. The van der Waals surface area contributed by atoms with E-state index in [9.17, 15) is 0 Å². The van der Waals surface area contributed by atoms with Crippen LogP contribution in [-0.2, 0) is 7.05 Å². The highest BCUT2D eigenvalue weighted by Crippen LogP contribution is 2.18. The Hall–Kier alpha value is -1.69. The maximum absolute atomic E-state index is 4.35. The lowest BCUT2D eigenvalue weighted by molar-refractivity contribution is 0.204. The molecule has 0 aromatic carbocycles. The van der Waals surface area contributed by atoms with Crippen LogP contribution in [0.15, 0.2) is 12.5 Å². The Kier molecular flexibility index (Phi) is 4.34. The summed E-state index contributed by atoms with van der Waals surface area (Å²) in [5.41, 5.74) is 0.871. The van der Waals surface area contributed by atoms with Crippen LogP contribution in [0.1, 0.15) is 26.2 Å². The van der Waals surface area contributed by atoms with Crippen molar-refractivity contribution in [3.63, 3.8) is 0 Å². The van der Waals surface area contributed by atoms with E-state index in [-0.39, 0.29) is 0 Å². The molecule has 114 valence electrons. The second-order valence-electron chi connectivity index (χ2n) is 6.08. The van der Waals surface area contributed by atoms with Crippen molar-refractivity contribution in [2.24, 2.45) is 13.0 Å². The highest BCUT2D eigenvalue weighted by molar-refractivity contribution is 5.85. The summed E-state index contributed by atoms with van der Waals surface area (Å²) in [6.45, 7) is 6.89. The van der Waals surface area contributed by atoms with Crippen molar-refractivity contribution in [2.75, 3.05) is 31.5 Å². The molecule has 1 aliphatic rings. The first-order valence-electron chi connectivity index (χ1n) is 7.83. The van der Waals surface area contributed by atoms with Gasteiger partial charge in [-0.25, -0.2) is 9.97 Å². The van der Waals surface area contributed by atoms with E-state index in [2.05, 4.69) is 32.2 Å². The number of nitrogens with zero attached hydrogens (tertiary/aromatic N) is 5. The van der Waals surface area contributed by atoms with Crippen LogP contribution in [0.25, 0.3) is 11.0 Å². The quantitative estimate of drug-likeness (QED) is 0.910. The minimum atomic E-state index is 0.602. The molecule has 21 heavy (non-hydrogen) atoms. The second kappa shape index (κ2) is 6.39. The third-order valence-corrected chi connectivity index (χ3v) is 4.17. The van der Waals surface area contributed by atoms with E-state index in [0.717, 1.165) is 29.9 Å². The lowest BCUT2D eigenvalue weighted by Crippen LogP contribution is -2.35. The Balaban J connectivity index is 1.58. The number of rotatable bonds is 5. The normalized spacial score (nSPS) is 18.0. The fraction of sp³-hybridized carbons (Fsp3) is 0.667. The van der Waals surface area contributed by atoms with Crippen molar-refractivity contribution in [3.8, 4) is 0 Å². The van der Waals surface area contributed by atoms with Gasteiger partial charge in [0.15, 0.2) is 5.65 Å². The molecule has 1 atom stereocenters. The Morgan fingerprint density at radius 2 is 2.05 bits per heavy atom. The summed E-state index contributed by atoms with van der Waals surface area (Å²) >= 11 is 0. The molecular weight excluding hydrogens is 264 g/mol. The molecule has 2 aromatic rings.